The lowest BCUT2D eigenvalue weighted by atomic mass is 9.93. The maximum Gasteiger partial charge on any atom is 0.234 e. The van der Waals surface area contributed by atoms with Gasteiger partial charge < -0.3 is 10.1 Å². The average Bonchev–Trinajstić information content (AvgIpc) is 3.06. The van der Waals surface area contributed by atoms with Crippen molar-refractivity contribution in [2.45, 2.75) is 31.9 Å². The van der Waals surface area contributed by atoms with Gasteiger partial charge in [-0.3, -0.25) is 9.69 Å². The molecule has 4 nitrogen and oxygen atoms in total. The zero-order chi connectivity index (χ0) is 18.1. The summed E-state index contributed by atoms with van der Waals surface area (Å²) in [7, 11) is 0. The Labute approximate surface area is 153 Å². The molecule has 1 N–H and O–H groups in total. The van der Waals surface area contributed by atoms with Crippen molar-refractivity contribution in [3.63, 3.8) is 0 Å². The Morgan fingerprint density at radius 2 is 2.12 bits per heavy atom. The Hall–Kier alpha value is -2.40. The maximum absolute atomic E-state index is 13.6. The number of fused-ring (bicyclic) bond motifs is 2. The third-order valence-corrected chi connectivity index (χ3v) is 5.36. The summed E-state index contributed by atoms with van der Waals surface area (Å²) in [6.07, 6.45) is 1.65. The van der Waals surface area contributed by atoms with E-state index in [9.17, 15) is 9.18 Å². The number of benzene rings is 2. The molecular weight excluding hydrogens is 331 g/mol. The molecule has 2 aliphatic rings. The Kier molecular flexibility index (Phi) is 4.64. The molecule has 2 aliphatic heterocycles. The van der Waals surface area contributed by atoms with Gasteiger partial charge in [-0.25, -0.2) is 4.39 Å². The molecule has 2 heterocycles. The van der Waals surface area contributed by atoms with Crippen molar-refractivity contribution in [3.8, 4) is 5.75 Å². The highest BCUT2D eigenvalue weighted by molar-refractivity contribution is 5.78. The van der Waals surface area contributed by atoms with Crippen molar-refractivity contribution in [2.24, 2.45) is 0 Å². The predicted molar refractivity (Wildman–Crippen MR) is 97.7 cm³/mol. The van der Waals surface area contributed by atoms with Crippen molar-refractivity contribution < 1.29 is 13.9 Å². The van der Waals surface area contributed by atoms with Crippen LogP contribution in [0.15, 0.2) is 42.5 Å². The van der Waals surface area contributed by atoms with Gasteiger partial charge in [0.05, 0.1) is 13.1 Å². The van der Waals surface area contributed by atoms with Gasteiger partial charge in [0.2, 0.25) is 5.91 Å². The highest BCUT2D eigenvalue weighted by atomic mass is 19.1. The molecule has 2 unspecified atom stereocenters. The third kappa shape index (κ3) is 3.44. The number of carbonyl (C=O) groups is 1. The van der Waals surface area contributed by atoms with Crippen LogP contribution in [-0.2, 0) is 17.6 Å². The second-order valence-electron chi connectivity index (χ2n) is 7.10. The van der Waals surface area contributed by atoms with Crippen molar-refractivity contribution in [3.05, 3.63) is 65.0 Å². The molecule has 5 heteroatoms. The van der Waals surface area contributed by atoms with Crippen LogP contribution >= 0.6 is 0 Å². The van der Waals surface area contributed by atoms with Crippen molar-refractivity contribution in [2.75, 3.05) is 19.6 Å². The summed E-state index contributed by atoms with van der Waals surface area (Å²) in [4.78, 5) is 14.5. The normalized spacial score (nSPS) is 21.6. The zero-order valence-electron chi connectivity index (χ0n) is 14.9. The molecule has 26 heavy (non-hydrogen) atoms. The number of amides is 1. The van der Waals surface area contributed by atoms with Crippen molar-refractivity contribution in [1.29, 1.82) is 0 Å². The molecule has 2 aromatic carbocycles. The van der Waals surface area contributed by atoms with Gasteiger partial charge in [0, 0.05) is 19.0 Å². The van der Waals surface area contributed by atoms with Gasteiger partial charge in [0.1, 0.15) is 17.7 Å². The van der Waals surface area contributed by atoms with E-state index in [-0.39, 0.29) is 23.9 Å². The van der Waals surface area contributed by atoms with Crippen LogP contribution in [0.3, 0.4) is 0 Å². The molecule has 136 valence electrons. The van der Waals surface area contributed by atoms with E-state index < -0.39 is 0 Å². The molecule has 2 aromatic rings. The fourth-order valence-electron chi connectivity index (χ4n) is 3.89. The first-order chi connectivity index (χ1) is 12.6. The van der Waals surface area contributed by atoms with Crippen LogP contribution < -0.4 is 10.1 Å². The van der Waals surface area contributed by atoms with Gasteiger partial charge in [-0.05, 0) is 48.2 Å². The summed E-state index contributed by atoms with van der Waals surface area (Å²) in [6, 6.07) is 13.0. The number of carbonyl (C=O) groups excluding carboxylic acids is 1. The van der Waals surface area contributed by atoms with Gasteiger partial charge in [0.15, 0.2) is 0 Å². The summed E-state index contributed by atoms with van der Waals surface area (Å²) < 4.78 is 19.4. The number of nitrogens with one attached hydrogen (secondary N) is 1. The zero-order valence-corrected chi connectivity index (χ0v) is 14.9. The Morgan fingerprint density at radius 1 is 1.27 bits per heavy atom. The number of halogens is 1. The predicted octanol–water partition coefficient (Wildman–Crippen LogP) is 2.86. The van der Waals surface area contributed by atoms with Crippen LogP contribution in [0.1, 0.15) is 29.7 Å². The SMILES string of the molecule is CC1c2cc(F)ccc2CCN1CC(=O)NCC1Cc2ccccc2O1. The van der Waals surface area contributed by atoms with Crippen LogP contribution in [0.2, 0.25) is 0 Å². The van der Waals surface area contributed by atoms with Crippen molar-refractivity contribution in [1.82, 2.24) is 10.2 Å². The van der Waals surface area contributed by atoms with E-state index in [1.54, 1.807) is 6.07 Å². The number of ether oxygens (including phenoxy) is 1. The molecule has 2 atom stereocenters. The van der Waals surface area contributed by atoms with Gasteiger partial charge in [0.25, 0.3) is 0 Å². The molecular formula is C21H23FN2O2. The lowest BCUT2D eigenvalue weighted by Crippen LogP contribution is -2.44. The summed E-state index contributed by atoms with van der Waals surface area (Å²) in [5.41, 5.74) is 3.35. The molecule has 0 fully saturated rings. The van der Waals surface area contributed by atoms with Gasteiger partial charge in [-0.15, -0.1) is 0 Å². The molecule has 1 amide bonds. The minimum absolute atomic E-state index is 0.00930. The maximum atomic E-state index is 13.6. The fourth-order valence-corrected chi connectivity index (χ4v) is 3.89. The van der Waals surface area contributed by atoms with Gasteiger partial charge >= 0.3 is 0 Å². The first-order valence-electron chi connectivity index (χ1n) is 9.14. The molecule has 0 spiro atoms. The average molecular weight is 354 g/mol. The number of hydrogen-bond acceptors (Lipinski definition) is 3. The lowest BCUT2D eigenvalue weighted by Gasteiger charge is -2.34. The van der Waals surface area contributed by atoms with Gasteiger partial charge in [-0.1, -0.05) is 24.3 Å². The molecule has 4 rings (SSSR count). The lowest BCUT2D eigenvalue weighted by molar-refractivity contribution is -0.123. The highest BCUT2D eigenvalue weighted by Crippen LogP contribution is 2.30. The van der Waals surface area contributed by atoms with E-state index in [2.05, 4.69) is 16.3 Å². The van der Waals surface area contributed by atoms with E-state index in [4.69, 9.17) is 4.74 Å². The minimum Gasteiger partial charge on any atom is -0.488 e. The first kappa shape index (κ1) is 17.0. The van der Waals surface area contributed by atoms with E-state index >= 15 is 0 Å². The highest BCUT2D eigenvalue weighted by Gasteiger charge is 2.27. The number of para-hydroxylation sites is 1. The number of nitrogens with zero attached hydrogens (tertiary/aromatic N) is 1. The van der Waals surface area contributed by atoms with Crippen LogP contribution in [-0.4, -0.2) is 36.5 Å². The van der Waals surface area contributed by atoms with Crippen LogP contribution in [0.25, 0.3) is 0 Å². The standard InChI is InChI=1S/C21H23FN2O2/c1-14-19-11-17(22)7-6-15(19)8-9-24(14)13-21(25)23-12-18-10-16-4-2-3-5-20(16)26-18/h2-7,11,14,18H,8-10,12-13H2,1H3,(H,23,25). The number of rotatable bonds is 4. The second-order valence-corrected chi connectivity index (χ2v) is 7.10. The molecule has 0 saturated heterocycles. The second kappa shape index (κ2) is 7.08. The topological polar surface area (TPSA) is 41.6 Å². The Balaban J connectivity index is 1.30. The van der Waals surface area contributed by atoms with Crippen LogP contribution in [0.4, 0.5) is 4.39 Å². The van der Waals surface area contributed by atoms with Gasteiger partial charge in [-0.2, -0.15) is 0 Å². The van der Waals surface area contributed by atoms with Crippen molar-refractivity contribution >= 4 is 5.91 Å². The van der Waals surface area contributed by atoms with E-state index in [0.29, 0.717) is 13.1 Å². The first-order valence-corrected chi connectivity index (χ1v) is 9.14. The summed E-state index contributed by atoms with van der Waals surface area (Å²) in [5, 5.41) is 2.98. The molecule has 0 aromatic heterocycles. The van der Waals surface area contributed by atoms with E-state index in [0.717, 1.165) is 30.7 Å². The quantitative estimate of drug-likeness (QED) is 0.918. The fraction of sp³-hybridized carbons (Fsp3) is 0.381. The molecule has 0 radical (unpaired) electrons. The monoisotopic (exact) mass is 354 g/mol. The van der Waals surface area contributed by atoms with Crippen LogP contribution in [0.5, 0.6) is 5.75 Å². The van der Waals surface area contributed by atoms with E-state index in [1.165, 1.54) is 17.2 Å². The minimum atomic E-state index is -0.222. The largest absolute Gasteiger partial charge is 0.488 e. The number of hydrogen-bond donors (Lipinski definition) is 1. The smallest absolute Gasteiger partial charge is 0.234 e. The third-order valence-electron chi connectivity index (χ3n) is 5.36. The Morgan fingerprint density at radius 3 is 2.96 bits per heavy atom. The van der Waals surface area contributed by atoms with Crippen LogP contribution in [0, 0.1) is 5.82 Å². The molecule has 0 saturated carbocycles. The summed E-state index contributed by atoms with van der Waals surface area (Å²) in [5.74, 6) is 0.672. The summed E-state index contributed by atoms with van der Waals surface area (Å²) >= 11 is 0. The van der Waals surface area contributed by atoms with E-state index in [1.807, 2.05) is 31.2 Å². The molecule has 0 aliphatic carbocycles. The summed E-state index contributed by atoms with van der Waals surface area (Å²) in [6.45, 7) is 3.65. The Bertz CT molecular complexity index is 798. The molecule has 0 bridgehead atoms.